The summed E-state index contributed by atoms with van der Waals surface area (Å²) < 4.78 is 5.61. The summed E-state index contributed by atoms with van der Waals surface area (Å²) in [5, 5.41) is 0. The molecule has 2 aliphatic rings. The molecule has 0 radical (unpaired) electrons. The lowest BCUT2D eigenvalue weighted by molar-refractivity contribution is -0.132. The van der Waals surface area contributed by atoms with Gasteiger partial charge in [0.25, 0.3) is 5.91 Å². The van der Waals surface area contributed by atoms with Crippen LogP contribution < -0.4 is 10.6 Å². The van der Waals surface area contributed by atoms with Crippen LogP contribution in [0.2, 0.25) is 0 Å². The first kappa shape index (κ1) is 12.8. The Morgan fingerprint density at radius 2 is 2.32 bits per heavy atom. The number of carbonyl (C=O) groups is 1. The van der Waals surface area contributed by atoms with E-state index in [1.807, 2.05) is 23.1 Å². The van der Waals surface area contributed by atoms with E-state index >= 15 is 0 Å². The summed E-state index contributed by atoms with van der Waals surface area (Å²) in [5.74, 6) is 1.02. The minimum absolute atomic E-state index is 0.0897. The van der Waals surface area contributed by atoms with Crippen molar-refractivity contribution >= 4 is 29.0 Å². The number of ether oxygens (including phenoxy) is 1. The van der Waals surface area contributed by atoms with Gasteiger partial charge in [0.2, 0.25) is 0 Å². The summed E-state index contributed by atoms with van der Waals surface area (Å²) in [6, 6.07) is 5.77. The number of thioether (sulfide) groups is 1. The quantitative estimate of drug-likeness (QED) is 0.801. The van der Waals surface area contributed by atoms with Gasteiger partial charge in [-0.2, -0.15) is 0 Å². The average molecular weight is 278 g/mol. The van der Waals surface area contributed by atoms with Gasteiger partial charge >= 0.3 is 0 Å². The van der Waals surface area contributed by atoms with Crippen LogP contribution in [0.4, 0.5) is 11.4 Å². The van der Waals surface area contributed by atoms with Crippen LogP contribution in [0.25, 0.3) is 0 Å². The third kappa shape index (κ3) is 2.58. The summed E-state index contributed by atoms with van der Waals surface area (Å²) in [6.07, 6.45) is 2.69. The molecule has 0 aliphatic carbocycles. The van der Waals surface area contributed by atoms with Crippen LogP contribution in [0.3, 0.4) is 0 Å². The second kappa shape index (κ2) is 5.43. The summed E-state index contributed by atoms with van der Waals surface area (Å²) >= 11 is 1.77. The Hall–Kier alpha value is -1.20. The molecule has 1 amide bonds. The summed E-state index contributed by atoms with van der Waals surface area (Å²) in [4.78, 5) is 15.6. The van der Waals surface area contributed by atoms with Gasteiger partial charge in [-0.1, -0.05) is 0 Å². The third-order valence-electron chi connectivity index (χ3n) is 3.57. The minimum Gasteiger partial charge on any atom is -0.399 e. The zero-order chi connectivity index (χ0) is 13.2. The first-order chi connectivity index (χ1) is 9.25. The molecule has 2 heterocycles. The number of fused-ring (bicyclic) bond motifs is 1. The number of nitrogens with zero attached hydrogens (tertiary/aromatic N) is 1. The molecule has 4 nitrogen and oxygen atoms in total. The van der Waals surface area contributed by atoms with Gasteiger partial charge < -0.3 is 15.4 Å². The Bertz CT molecular complexity index is 486. The maximum absolute atomic E-state index is 12.6. The van der Waals surface area contributed by atoms with Gasteiger partial charge in [-0.3, -0.25) is 4.79 Å². The van der Waals surface area contributed by atoms with E-state index in [2.05, 4.69) is 0 Å². The molecule has 0 bridgehead atoms. The van der Waals surface area contributed by atoms with E-state index in [1.54, 1.807) is 11.8 Å². The smallest absolute Gasteiger partial charge is 0.256 e. The van der Waals surface area contributed by atoms with E-state index in [0.29, 0.717) is 12.3 Å². The van der Waals surface area contributed by atoms with E-state index in [0.717, 1.165) is 42.1 Å². The highest BCUT2D eigenvalue weighted by Gasteiger charge is 2.30. The maximum Gasteiger partial charge on any atom is 0.256 e. The molecule has 0 spiro atoms. The lowest BCUT2D eigenvalue weighted by atomic mass is 10.1. The molecule has 2 aliphatic heterocycles. The molecule has 1 saturated heterocycles. The van der Waals surface area contributed by atoms with Gasteiger partial charge in [0.05, 0.1) is 5.69 Å². The molecule has 5 heteroatoms. The van der Waals surface area contributed by atoms with Crippen molar-refractivity contribution in [2.45, 2.75) is 30.3 Å². The van der Waals surface area contributed by atoms with Crippen LogP contribution in [0.15, 0.2) is 23.1 Å². The Morgan fingerprint density at radius 3 is 3.11 bits per heavy atom. The fourth-order valence-electron chi connectivity index (χ4n) is 2.57. The third-order valence-corrected chi connectivity index (χ3v) is 4.61. The number of rotatable bonds is 1. The molecule has 2 N–H and O–H groups in total. The maximum atomic E-state index is 12.6. The largest absolute Gasteiger partial charge is 0.399 e. The topological polar surface area (TPSA) is 55.6 Å². The van der Waals surface area contributed by atoms with Crippen molar-refractivity contribution in [2.75, 3.05) is 29.5 Å². The molecule has 3 rings (SSSR count). The van der Waals surface area contributed by atoms with Gasteiger partial charge in [0.1, 0.15) is 6.10 Å². The fourth-order valence-corrected chi connectivity index (χ4v) is 3.55. The molecule has 1 atom stereocenters. The number of hydrogen-bond acceptors (Lipinski definition) is 4. The average Bonchev–Trinajstić information content (AvgIpc) is 2.47. The molecule has 0 aromatic heterocycles. The molecule has 1 aromatic carbocycles. The lowest BCUT2D eigenvalue weighted by Gasteiger charge is -2.33. The van der Waals surface area contributed by atoms with E-state index in [9.17, 15) is 4.79 Å². The van der Waals surface area contributed by atoms with Crippen LogP contribution >= 0.6 is 11.8 Å². The number of hydrogen-bond donors (Lipinski definition) is 1. The normalized spacial score (nSPS) is 22.9. The SMILES string of the molecule is Nc1ccc2c(c1)N(C(=O)C1CCCCO1)CCS2. The molecule has 0 saturated carbocycles. The predicted molar refractivity (Wildman–Crippen MR) is 77.5 cm³/mol. The molecular formula is C14H18N2O2S. The number of carbonyl (C=O) groups excluding carboxylic acids is 1. The van der Waals surface area contributed by atoms with Crippen molar-refractivity contribution in [3.05, 3.63) is 18.2 Å². The predicted octanol–water partition coefficient (Wildman–Crippen LogP) is 2.28. The standard InChI is InChI=1S/C14H18N2O2S/c15-10-4-5-13-11(9-10)16(6-8-19-13)14(17)12-3-1-2-7-18-12/h4-5,9,12H,1-3,6-8,15H2. The Balaban J connectivity index is 1.86. The van der Waals surface area contributed by atoms with Crippen molar-refractivity contribution in [1.82, 2.24) is 0 Å². The number of benzene rings is 1. The van der Waals surface area contributed by atoms with Gasteiger partial charge in [0.15, 0.2) is 0 Å². The second-order valence-corrected chi connectivity index (χ2v) is 6.06. The highest BCUT2D eigenvalue weighted by Crippen LogP contribution is 2.36. The Morgan fingerprint density at radius 1 is 1.42 bits per heavy atom. The molecule has 1 aromatic rings. The highest BCUT2D eigenvalue weighted by molar-refractivity contribution is 7.99. The van der Waals surface area contributed by atoms with Crippen LogP contribution in [-0.4, -0.2) is 30.9 Å². The van der Waals surface area contributed by atoms with Crippen LogP contribution in [-0.2, 0) is 9.53 Å². The van der Waals surface area contributed by atoms with Crippen LogP contribution in [0.5, 0.6) is 0 Å². The van der Waals surface area contributed by atoms with E-state index in [4.69, 9.17) is 10.5 Å². The van der Waals surface area contributed by atoms with Crippen LogP contribution in [0.1, 0.15) is 19.3 Å². The highest BCUT2D eigenvalue weighted by atomic mass is 32.2. The van der Waals surface area contributed by atoms with Crippen molar-refractivity contribution < 1.29 is 9.53 Å². The number of nitrogens with two attached hydrogens (primary N) is 1. The molecule has 1 fully saturated rings. The summed E-state index contributed by atoms with van der Waals surface area (Å²) in [7, 11) is 0. The minimum atomic E-state index is -0.272. The van der Waals surface area contributed by atoms with Crippen molar-refractivity contribution in [3.8, 4) is 0 Å². The van der Waals surface area contributed by atoms with Crippen LogP contribution in [0, 0.1) is 0 Å². The van der Waals surface area contributed by atoms with Crippen molar-refractivity contribution in [1.29, 1.82) is 0 Å². The zero-order valence-electron chi connectivity index (χ0n) is 10.8. The van der Waals surface area contributed by atoms with Crippen molar-refractivity contribution in [3.63, 3.8) is 0 Å². The second-order valence-electron chi connectivity index (χ2n) is 4.92. The Kier molecular flexibility index (Phi) is 3.66. The van der Waals surface area contributed by atoms with Gasteiger partial charge in [-0.15, -0.1) is 11.8 Å². The monoisotopic (exact) mass is 278 g/mol. The summed E-state index contributed by atoms with van der Waals surface area (Å²) in [6.45, 7) is 1.43. The number of anilines is 2. The van der Waals surface area contributed by atoms with E-state index in [-0.39, 0.29) is 12.0 Å². The number of nitrogen functional groups attached to an aromatic ring is 1. The van der Waals surface area contributed by atoms with Gasteiger partial charge in [0, 0.05) is 29.5 Å². The molecule has 1 unspecified atom stereocenters. The molecule has 19 heavy (non-hydrogen) atoms. The molecule has 102 valence electrons. The van der Waals surface area contributed by atoms with Gasteiger partial charge in [-0.05, 0) is 37.5 Å². The first-order valence-electron chi connectivity index (χ1n) is 6.71. The molecular weight excluding hydrogens is 260 g/mol. The van der Waals surface area contributed by atoms with Gasteiger partial charge in [-0.25, -0.2) is 0 Å². The van der Waals surface area contributed by atoms with E-state index in [1.165, 1.54) is 0 Å². The number of amides is 1. The first-order valence-corrected chi connectivity index (χ1v) is 7.69. The van der Waals surface area contributed by atoms with Crippen molar-refractivity contribution in [2.24, 2.45) is 0 Å². The Labute approximate surface area is 117 Å². The lowest BCUT2D eigenvalue weighted by Crippen LogP contribution is -2.44. The fraction of sp³-hybridized carbons (Fsp3) is 0.500. The van der Waals surface area contributed by atoms with E-state index < -0.39 is 0 Å². The summed E-state index contributed by atoms with van der Waals surface area (Å²) in [5.41, 5.74) is 7.48. The zero-order valence-corrected chi connectivity index (χ0v) is 11.6.